The van der Waals surface area contributed by atoms with E-state index in [1.165, 1.54) is 12.1 Å². The Bertz CT molecular complexity index is 488. The molecule has 0 spiro atoms. The van der Waals surface area contributed by atoms with Gasteiger partial charge in [-0.25, -0.2) is 9.99 Å². The van der Waals surface area contributed by atoms with Gasteiger partial charge >= 0.3 is 0 Å². The van der Waals surface area contributed by atoms with E-state index >= 15 is 0 Å². The predicted molar refractivity (Wildman–Crippen MR) is 82.4 cm³/mol. The van der Waals surface area contributed by atoms with Crippen molar-refractivity contribution in [2.75, 3.05) is 50.5 Å². The summed E-state index contributed by atoms with van der Waals surface area (Å²) < 4.78 is 0. The molecule has 2 rings (SSSR count). The molecule has 0 amide bonds. The molecule has 1 aliphatic heterocycles. The normalized spacial score (nSPS) is 16.7. The van der Waals surface area contributed by atoms with E-state index in [-0.39, 0.29) is 5.69 Å². The molecule has 1 aromatic rings. The summed E-state index contributed by atoms with van der Waals surface area (Å²) in [5, 5.41) is 16.1. The number of nitrogens with one attached hydrogen (secondary N) is 2. The highest BCUT2D eigenvalue weighted by Crippen LogP contribution is 2.21. The Kier molecular flexibility index (Phi) is 5.29. The van der Waals surface area contributed by atoms with Crippen LogP contribution in [-0.2, 0) is 0 Å². The SMILES string of the molecule is CCCNc1cc([N+](=O)[O-])cc(NN2CCN(C)CC2)n1. The molecule has 1 fully saturated rings. The fraction of sp³-hybridized carbons (Fsp3) is 0.615. The van der Waals surface area contributed by atoms with E-state index in [0.717, 1.165) is 39.1 Å². The summed E-state index contributed by atoms with van der Waals surface area (Å²) >= 11 is 0. The minimum Gasteiger partial charge on any atom is -0.370 e. The van der Waals surface area contributed by atoms with E-state index in [1.54, 1.807) is 0 Å². The summed E-state index contributed by atoms with van der Waals surface area (Å²) in [7, 11) is 2.08. The van der Waals surface area contributed by atoms with Crippen molar-refractivity contribution >= 4 is 17.3 Å². The molecular formula is C13H22N6O2. The van der Waals surface area contributed by atoms with E-state index in [1.807, 2.05) is 11.9 Å². The number of hydrogen-bond acceptors (Lipinski definition) is 7. The number of anilines is 2. The third-order valence-corrected chi connectivity index (χ3v) is 3.35. The molecule has 21 heavy (non-hydrogen) atoms. The summed E-state index contributed by atoms with van der Waals surface area (Å²) in [5.74, 6) is 1.04. The monoisotopic (exact) mass is 294 g/mol. The van der Waals surface area contributed by atoms with Crippen LogP contribution in [0.5, 0.6) is 0 Å². The Hall–Kier alpha value is -1.93. The minimum atomic E-state index is -0.395. The molecule has 1 saturated heterocycles. The van der Waals surface area contributed by atoms with E-state index in [0.29, 0.717) is 11.6 Å². The van der Waals surface area contributed by atoms with E-state index in [9.17, 15) is 10.1 Å². The van der Waals surface area contributed by atoms with Crippen molar-refractivity contribution in [1.82, 2.24) is 14.9 Å². The van der Waals surface area contributed by atoms with Gasteiger partial charge in [-0.1, -0.05) is 6.92 Å². The quantitative estimate of drug-likeness (QED) is 0.605. The molecule has 0 saturated carbocycles. The zero-order valence-corrected chi connectivity index (χ0v) is 12.5. The van der Waals surface area contributed by atoms with Crippen LogP contribution in [0.1, 0.15) is 13.3 Å². The number of aromatic nitrogens is 1. The Morgan fingerprint density at radius 2 is 1.95 bits per heavy atom. The van der Waals surface area contributed by atoms with Crippen molar-refractivity contribution in [3.8, 4) is 0 Å². The third-order valence-electron chi connectivity index (χ3n) is 3.35. The number of rotatable bonds is 6. The number of pyridine rings is 1. The van der Waals surface area contributed by atoms with Crippen LogP contribution >= 0.6 is 0 Å². The zero-order valence-electron chi connectivity index (χ0n) is 12.5. The van der Waals surface area contributed by atoms with Gasteiger partial charge in [-0.15, -0.1) is 0 Å². The molecule has 0 aliphatic carbocycles. The van der Waals surface area contributed by atoms with Crippen LogP contribution in [0.4, 0.5) is 17.3 Å². The highest BCUT2D eigenvalue weighted by atomic mass is 16.6. The largest absolute Gasteiger partial charge is 0.370 e. The first-order valence-corrected chi connectivity index (χ1v) is 7.19. The average Bonchev–Trinajstić information content (AvgIpc) is 2.47. The molecule has 0 radical (unpaired) electrons. The van der Waals surface area contributed by atoms with Crippen molar-refractivity contribution in [3.63, 3.8) is 0 Å². The number of nitrogens with zero attached hydrogens (tertiary/aromatic N) is 4. The zero-order chi connectivity index (χ0) is 15.2. The van der Waals surface area contributed by atoms with E-state index in [4.69, 9.17) is 0 Å². The van der Waals surface area contributed by atoms with Crippen LogP contribution in [0.3, 0.4) is 0 Å². The molecule has 2 heterocycles. The molecule has 0 bridgehead atoms. The lowest BCUT2D eigenvalue weighted by atomic mass is 10.3. The fourth-order valence-electron chi connectivity index (χ4n) is 2.10. The number of likely N-dealkylation sites (N-methyl/N-ethyl adjacent to an activating group) is 1. The lowest BCUT2D eigenvalue weighted by Crippen LogP contribution is -2.47. The summed E-state index contributed by atoms with van der Waals surface area (Å²) in [6.45, 7) is 6.42. The molecular weight excluding hydrogens is 272 g/mol. The maximum atomic E-state index is 11.0. The average molecular weight is 294 g/mol. The van der Waals surface area contributed by atoms with Gasteiger partial charge in [-0.2, -0.15) is 0 Å². The number of nitro groups is 1. The first kappa shape index (κ1) is 15.5. The van der Waals surface area contributed by atoms with Crippen molar-refractivity contribution in [2.45, 2.75) is 13.3 Å². The van der Waals surface area contributed by atoms with Crippen LogP contribution in [-0.4, -0.2) is 59.6 Å². The molecule has 2 N–H and O–H groups in total. The van der Waals surface area contributed by atoms with Gasteiger partial charge in [0.15, 0.2) is 0 Å². The Labute approximate surface area is 124 Å². The first-order chi connectivity index (χ1) is 10.1. The smallest absolute Gasteiger partial charge is 0.276 e. The van der Waals surface area contributed by atoms with Gasteiger partial charge in [-0.05, 0) is 13.5 Å². The second kappa shape index (κ2) is 7.19. The summed E-state index contributed by atoms with van der Waals surface area (Å²) in [4.78, 5) is 17.2. The lowest BCUT2D eigenvalue weighted by molar-refractivity contribution is -0.384. The van der Waals surface area contributed by atoms with Gasteiger partial charge in [0.1, 0.15) is 11.6 Å². The van der Waals surface area contributed by atoms with Gasteiger partial charge in [0.05, 0.1) is 17.1 Å². The Morgan fingerprint density at radius 1 is 1.29 bits per heavy atom. The van der Waals surface area contributed by atoms with Crippen molar-refractivity contribution in [2.24, 2.45) is 0 Å². The van der Waals surface area contributed by atoms with Gasteiger partial charge in [0, 0.05) is 32.7 Å². The molecule has 0 unspecified atom stereocenters. The van der Waals surface area contributed by atoms with Gasteiger partial charge in [0.2, 0.25) is 0 Å². The predicted octanol–water partition coefficient (Wildman–Crippen LogP) is 1.39. The molecule has 1 aromatic heterocycles. The number of hydrazine groups is 1. The van der Waals surface area contributed by atoms with E-state index < -0.39 is 4.92 Å². The maximum Gasteiger partial charge on any atom is 0.276 e. The molecule has 0 atom stereocenters. The Balaban J connectivity index is 2.09. The lowest BCUT2D eigenvalue weighted by Gasteiger charge is -2.32. The number of piperazine rings is 1. The standard InChI is InChI=1S/C13H22N6O2/c1-3-4-14-12-9-11(19(20)21)10-13(15-12)16-18-7-5-17(2)6-8-18/h9-10H,3-8H2,1-2H3,(H2,14,15,16). The molecule has 116 valence electrons. The van der Waals surface area contributed by atoms with Crippen molar-refractivity contribution in [3.05, 3.63) is 22.2 Å². The summed E-state index contributed by atoms with van der Waals surface area (Å²) in [6.07, 6.45) is 0.936. The first-order valence-electron chi connectivity index (χ1n) is 7.19. The molecule has 8 nitrogen and oxygen atoms in total. The highest BCUT2D eigenvalue weighted by Gasteiger charge is 2.16. The minimum absolute atomic E-state index is 0.0419. The van der Waals surface area contributed by atoms with Gasteiger partial charge in [-0.3, -0.25) is 10.1 Å². The molecule has 1 aliphatic rings. The number of hydrogen-bond donors (Lipinski definition) is 2. The Morgan fingerprint density at radius 3 is 2.57 bits per heavy atom. The third kappa shape index (κ3) is 4.54. The highest BCUT2D eigenvalue weighted by molar-refractivity contribution is 5.54. The topological polar surface area (TPSA) is 86.6 Å². The maximum absolute atomic E-state index is 11.0. The van der Waals surface area contributed by atoms with Gasteiger partial charge in [0.25, 0.3) is 5.69 Å². The molecule has 8 heteroatoms. The van der Waals surface area contributed by atoms with Crippen LogP contribution in [0.25, 0.3) is 0 Å². The second-order valence-corrected chi connectivity index (χ2v) is 5.18. The van der Waals surface area contributed by atoms with Crippen LogP contribution in [0, 0.1) is 10.1 Å². The second-order valence-electron chi connectivity index (χ2n) is 5.18. The van der Waals surface area contributed by atoms with Crippen LogP contribution in [0.2, 0.25) is 0 Å². The summed E-state index contributed by atoms with van der Waals surface area (Å²) in [6, 6.07) is 2.93. The van der Waals surface area contributed by atoms with Crippen LogP contribution in [0.15, 0.2) is 12.1 Å². The van der Waals surface area contributed by atoms with Crippen LogP contribution < -0.4 is 10.7 Å². The van der Waals surface area contributed by atoms with Gasteiger partial charge < -0.3 is 15.6 Å². The van der Waals surface area contributed by atoms with E-state index in [2.05, 4.69) is 27.7 Å². The summed E-state index contributed by atoms with van der Waals surface area (Å²) in [5.41, 5.74) is 3.21. The van der Waals surface area contributed by atoms with Crippen molar-refractivity contribution < 1.29 is 4.92 Å². The fourth-order valence-corrected chi connectivity index (χ4v) is 2.10. The van der Waals surface area contributed by atoms with Crippen molar-refractivity contribution in [1.29, 1.82) is 0 Å². The molecule has 0 aromatic carbocycles.